The van der Waals surface area contributed by atoms with E-state index in [0.29, 0.717) is 12.1 Å². The Kier molecular flexibility index (Phi) is 4.80. The Labute approximate surface area is 146 Å². The van der Waals surface area contributed by atoms with Gasteiger partial charge < -0.3 is 10.1 Å². The molecule has 134 valence electrons. The van der Waals surface area contributed by atoms with Crippen molar-refractivity contribution in [3.63, 3.8) is 0 Å². The van der Waals surface area contributed by atoms with Crippen molar-refractivity contribution in [2.75, 3.05) is 18.6 Å². The third-order valence-electron chi connectivity index (χ3n) is 4.37. The largest absolute Gasteiger partial charge is 0.497 e. The van der Waals surface area contributed by atoms with Crippen molar-refractivity contribution in [3.05, 3.63) is 35.5 Å². The molecule has 7 nitrogen and oxygen atoms in total. The number of sulfone groups is 1. The average molecular weight is 363 g/mol. The zero-order valence-electron chi connectivity index (χ0n) is 14.2. The molecule has 1 aliphatic heterocycles. The SMILES string of the molecule is COc1ccc(-c2n[nH]c(C)c2CC(=O)N[C@@H]2CCS(=O)(=O)C2)cc1. The number of carbonyl (C=O) groups excluding carboxylic acids is 1. The Morgan fingerprint density at radius 3 is 2.68 bits per heavy atom. The van der Waals surface area contributed by atoms with Crippen LogP contribution in [0.1, 0.15) is 17.7 Å². The summed E-state index contributed by atoms with van der Waals surface area (Å²) in [4.78, 5) is 12.3. The van der Waals surface area contributed by atoms with Gasteiger partial charge in [-0.25, -0.2) is 8.42 Å². The summed E-state index contributed by atoms with van der Waals surface area (Å²) in [5, 5.41) is 10.0. The first-order valence-electron chi connectivity index (χ1n) is 8.06. The molecule has 1 atom stereocenters. The first-order chi connectivity index (χ1) is 11.9. The van der Waals surface area contributed by atoms with Gasteiger partial charge in [0.2, 0.25) is 5.91 Å². The fourth-order valence-electron chi connectivity index (χ4n) is 3.00. The molecule has 0 spiro atoms. The second-order valence-electron chi connectivity index (χ2n) is 6.25. The highest BCUT2D eigenvalue weighted by atomic mass is 32.2. The summed E-state index contributed by atoms with van der Waals surface area (Å²) in [5.74, 6) is 0.716. The lowest BCUT2D eigenvalue weighted by atomic mass is 10.0. The van der Waals surface area contributed by atoms with Crippen LogP contribution in [-0.4, -0.2) is 49.2 Å². The number of benzene rings is 1. The van der Waals surface area contributed by atoms with Crippen LogP contribution in [0.3, 0.4) is 0 Å². The molecule has 1 saturated heterocycles. The van der Waals surface area contributed by atoms with Gasteiger partial charge in [-0.05, 0) is 37.6 Å². The Morgan fingerprint density at radius 2 is 2.08 bits per heavy atom. The number of hydrogen-bond acceptors (Lipinski definition) is 5. The molecule has 2 N–H and O–H groups in total. The van der Waals surface area contributed by atoms with Gasteiger partial charge in [0.25, 0.3) is 0 Å². The van der Waals surface area contributed by atoms with Gasteiger partial charge in [-0.15, -0.1) is 0 Å². The number of carbonyl (C=O) groups is 1. The van der Waals surface area contributed by atoms with Gasteiger partial charge in [0.15, 0.2) is 9.84 Å². The number of nitrogens with zero attached hydrogens (tertiary/aromatic N) is 1. The molecule has 0 saturated carbocycles. The molecular formula is C17H21N3O4S. The maximum absolute atomic E-state index is 12.3. The summed E-state index contributed by atoms with van der Waals surface area (Å²) in [5.41, 5.74) is 3.23. The van der Waals surface area contributed by atoms with Crippen molar-refractivity contribution in [3.8, 4) is 17.0 Å². The van der Waals surface area contributed by atoms with E-state index in [0.717, 1.165) is 22.6 Å². The second-order valence-corrected chi connectivity index (χ2v) is 8.48. The molecule has 0 bridgehead atoms. The average Bonchev–Trinajstić information content (AvgIpc) is 3.10. The first-order valence-corrected chi connectivity index (χ1v) is 9.88. The van der Waals surface area contributed by atoms with E-state index in [-0.39, 0.29) is 29.9 Å². The lowest BCUT2D eigenvalue weighted by molar-refractivity contribution is -0.121. The van der Waals surface area contributed by atoms with E-state index in [9.17, 15) is 13.2 Å². The molecule has 25 heavy (non-hydrogen) atoms. The molecule has 2 aromatic rings. The number of nitrogens with one attached hydrogen (secondary N) is 2. The van der Waals surface area contributed by atoms with Crippen LogP contribution in [0.4, 0.5) is 0 Å². The number of H-pyrrole nitrogens is 1. The first kappa shape index (κ1) is 17.5. The number of aromatic amines is 1. The summed E-state index contributed by atoms with van der Waals surface area (Å²) in [6.07, 6.45) is 0.629. The fourth-order valence-corrected chi connectivity index (χ4v) is 4.68. The predicted octanol–water partition coefficient (Wildman–Crippen LogP) is 1.24. The lowest BCUT2D eigenvalue weighted by Crippen LogP contribution is -2.36. The van der Waals surface area contributed by atoms with Gasteiger partial charge in [0.1, 0.15) is 5.75 Å². The topological polar surface area (TPSA) is 101 Å². The number of methoxy groups -OCH3 is 1. The van der Waals surface area contributed by atoms with Gasteiger partial charge >= 0.3 is 0 Å². The molecule has 8 heteroatoms. The molecule has 0 aliphatic carbocycles. The molecule has 1 fully saturated rings. The van der Waals surface area contributed by atoms with Crippen LogP contribution in [0.15, 0.2) is 24.3 Å². The highest BCUT2D eigenvalue weighted by Gasteiger charge is 2.29. The molecule has 3 rings (SSSR count). The van der Waals surface area contributed by atoms with Crippen molar-refractivity contribution in [1.29, 1.82) is 0 Å². The highest BCUT2D eigenvalue weighted by molar-refractivity contribution is 7.91. The van der Waals surface area contributed by atoms with Gasteiger partial charge in [-0.3, -0.25) is 9.89 Å². The van der Waals surface area contributed by atoms with E-state index in [4.69, 9.17) is 4.74 Å². The number of amides is 1. The molecule has 0 radical (unpaired) electrons. The van der Waals surface area contributed by atoms with E-state index >= 15 is 0 Å². The highest BCUT2D eigenvalue weighted by Crippen LogP contribution is 2.26. The summed E-state index contributed by atoms with van der Waals surface area (Å²) < 4.78 is 28.2. The molecule has 2 heterocycles. The second kappa shape index (κ2) is 6.87. The predicted molar refractivity (Wildman–Crippen MR) is 94.2 cm³/mol. The molecular weight excluding hydrogens is 342 g/mol. The van der Waals surface area contributed by atoms with Crippen LogP contribution >= 0.6 is 0 Å². The van der Waals surface area contributed by atoms with Crippen LogP contribution < -0.4 is 10.1 Å². The van der Waals surface area contributed by atoms with Gasteiger partial charge in [0, 0.05) is 22.9 Å². The zero-order chi connectivity index (χ0) is 18.0. The third-order valence-corrected chi connectivity index (χ3v) is 6.14. The summed E-state index contributed by atoms with van der Waals surface area (Å²) >= 11 is 0. The van der Waals surface area contributed by atoms with E-state index in [1.165, 1.54) is 0 Å². The Balaban J connectivity index is 1.74. The summed E-state index contributed by atoms with van der Waals surface area (Å²) in [6, 6.07) is 7.16. The van der Waals surface area contributed by atoms with Crippen LogP contribution in [0, 0.1) is 6.92 Å². The minimum atomic E-state index is -3.01. The fraction of sp³-hybridized carbons (Fsp3) is 0.412. The van der Waals surface area contributed by atoms with Crippen LogP contribution in [-0.2, 0) is 21.1 Å². The lowest BCUT2D eigenvalue weighted by Gasteiger charge is -2.11. The maximum Gasteiger partial charge on any atom is 0.224 e. The smallest absolute Gasteiger partial charge is 0.224 e. The third kappa shape index (κ3) is 4.01. The number of hydrogen-bond donors (Lipinski definition) is 2. The van der Waals surface area contributed by atoms with Gasteiger partial charge in [-0.2, -0.15) is 5.10 Å². The molecule has 1 aliphatic rings. The minimum Gasteiger partial charge on any atom is -0.497 e. The van der Waals surface area contributed by atoms with Crippen molar-refractivity contribution < 1.29 is 17.9 Å². The molecule has 1 amide bonds. The number of aromatic nitrogens is 2. The van der Waals surface area contributed by atoms with Gasteiger partial charge in [-0.1, -0.05) is 0 Å². The van der Waals surface area contributed by atoms with E-state index in [1.54, 1.807) is 7.11 Å². The quantitative estimate of drug-likeness (QED) is 0.832. The Morgan fingerprint density at radius 1 is 1.36 bits per heavy atom. The minimum absolute atomic E-state index is 0.0223. The van der Waals surface area contributed by atoms with Crippen molar-refractivity contribution in [2.24, 2.45) is 0 Å². The monoisotopic (exact) mass is 363 g/mol. The molecule has 1 aromatic heterocycles. The summed E-state index contributed by atoms with van der Waals surface area (Å²) in [6.45, 7) is 1.86. The van der Waals surface area contributed by atoms with Crippen LogP contribution in [0.2, 0.25) is 0 Å². The number of ether oxygens (including phenoxy) is 1. The summed E-state index contributed by atoms with van der Waals surface area (Å²) in [7, 11) is -1.41. The number of rotatable bonds is 5. The van der Waals surface area contributed by atoms with Gasteiger partial charge in [0.05, 0.1) is 30.7 Å². The van der Waals surface area contributed by atoms with Crippen molar-refractivity contribution >= 4 is 15.7 Å². The standard InChI is InChI=1S/C17H21N3O4S/c1-11-15(9-16(21)18-13-7-8-25(22,23)10-13)17(20-19-11)12-3-5-14(24-2)6-4-12/h3-6,13H,7-10H2,1-2H3,(H,18,21)(H,19,20)/t13-/m1/s1. The Hall–Kier alpha value is -2.35. The van der Waals surface area contributed by atoms with E-state index in [1.807, 2.05) is 31.2 Å². The zero-order valence-corrected chi connectivity index (χ0v) is 15.0. The van der Waals surface area contributed by atoms with E-state index < -0.39 is 9.84 Å². The van der Waals surface area contributed by atoms with Crippen LogP contribution in [0.25, 0.3) is 11.3 Å². The van der Waals surface area contributed by atoms with Crippen molar-refractivity contribution in [2.45, 2.75) is 25.8 Å². The number of aryl methyl sites for hydroxylation is 1. The molecule has 0 unspecified atom stereocenters. The van der Waals surface area contributed by atoms with Crippen molar-refractivity contribution in [1.82, 2.24) is 15.5 Å². The normalized spacial score (nSPS) is 18.9. The molecule has 1 aromatic carbocycles. The Bertz CT molecular complexity index is 872. The maximum atomic E-state index is 12.3. The van der Waals surface area contributed by atoms with E-state index in [2.05, 4.69) is 15.5 Å². The van der Waals surface area contributed by atoms with Crippen LogP contribution in [0.5, 0.6) is 5.75 Å².